The molecule has 18 heavy (non-hydrogen) atoms. The van der Waals surface area contributed by atoms with Gasteiger partial charge in [-0.1, -0.05) is 67.6 Å². The summed E-state index contributed by atoms with van der Waals surface area (Å²) < 4.78 is 0. The Morgan fingerprint density at radius 3 is 1.72 bits per heavy atom. The standard InChI is InChI=1S/C18H14/c1-12-8-10-13-4-2-6-15-16-7-3-5-14(11-9-12)18(16)17(13)15/h2-12H,1H3/b10-8-,11-9-. The number of hydrogen-bond donors (Lipinski definition) is 0. The third-order valence-corrected chi connectivity index (χ3v) is 3.89. The summed E-state index contributed by atoms with van der Waals surface area (Å²) in [5.41, 5.74) is 2.70. The lowest BCUT2D eigenvalue weighted by Crippen LogP contribution is -1.96. The molecule has 2 aromatic rings. The molecule has 4 rings (SSSR count). The largest absolute Gasteiger partial charge is 0.0773 e. The van der Waals surface area contributed by atoms with E-state index in [2.05, 4.69) is 67.6 Å². The van der Waals surface area contributed by atoms with Crippen LogP contribution in [0, 0.1) is 26.8 Å². The van der Waals surface area contributed by atoms with Gasteiger partial charge in [0.1, 0.15) is 0 Å². The fraction of sp³-hybridized carbons (Fsp3) is 0.111. The van der Waals surface area contributed by atoms with Crippen LogP contribution in [-0.4, -0.2) is 0 Å². The van der Waals surface area contributed by atoms with Crippen molar-refractivity contribution < 1.29 is 0 Å². The Labute approximate surface area is 106 Å². The van der Waals surface area contributed by atoms with Gasteiger partial charge in [0.25, 0.3) is 0 Å². The molecule has 2 aliphatic rings. The Morgan fingerprint density at radius 2 is 1.22 bits per heavy atom. The van der Waals surface area contributed by atoms with Crippen molar-refractivity contribution in [2.24, 2.45) is 5.92 Å². The summed E-state index contributed by atoms with van der Waals surface area (Å²) in [6.07, 6.45) is 9.07. The topological polar surface area (TPSA) is 0 Å². The van der Waals surface area contributed by atoms with E-state index in [1.54, 1.807) is 0 Å². The van der Waals surface area contributed by atoms with Crippen molar-refractivity contribution in [3.05, 3.63) is 80.6 Å². The highest BCUT2D eigenvalue weighted by atomic mass is 14.1. The Balaban J connectivity index is 2.27. The number of benzene rings is 2. The smallest absolute Gasteiger partial charge is 0.00205 e. The van der Waals surface area contributed by atoms with E-state index >= 15 is 0 Å². The van der Waals surface area contributed by atoms with Gasteiger partial charge in [0.2, 0.25) is 0 Å². The van der Waals surface area contributed by atoms with Crippen LogP contribution in [0.25, 0.3) is 12.2 Å². The minimum absolute atomic E-state index is 0.481. The molecule has 0 spiro atoms. The SMILES string of the molecule is CC1/C=C\c2cccc3c2=c2c(cccc2=3)/C=C\1. The maximum atomic E-state index is 2.27. The zero-order valence-corrected chi connectivity index (χ0v) is 10.4. The minimum Gasteiger partial charge on any atom is -0.0773 e. The Bertz CT molecular complexity index is 809. The Hall–Kier alpha value is -2.08. The van der Waals surface area contributed by atoms with Crippen molar-refractivity contribution in [3.63, 3.8) is 0 Å². The van der Waals surface area contributed by atoms with E-state index in [1.165, 1.54) is 32.0 Å². The average molecular weight is 230 g/mol. The lowest BCUT2D eigenvalue weighted by Gasteiger charge is -2.09. The summed E-state index contributed by atoms with van der Waals surface area (Å²) in [4.78, 5) is 0. The van der Waals surface area contributed by atoms with Gasteiger partial charge in [0, 0.05) is 0 Å². The van der Waals surface area contributed by atoms with Crippen molar-refractivity contribution >= 4 is 12.2 Å². The highest BCUT2D eigenvalue weighted by Crippen LogP contribution is 2.23. The van der Waals surface area contributed by atoms with Gasteiger partial charge in [0.05, 0.1) is 0 Å². The molecule has 0 aromatic heterocycles. The molecular weight excluding hydrogens is 216 g/mol. The number of allylic oxidation sites excluding steroid dienone is 2. The van der Waals surface area contributed by atoms with Crippen LogP contribution in [0.1, 0.15) is 18.1 Å². The molecule has 86 valence electrons. The van der Waals surface area contributed by atoms with E-state index < -0.39 is 0 Å². The molecule has 0 fully saturated rings. The second-order valence-electron chi connectivity index (χ2n) is 5.12. The summed E-state index contributed by atoms with van der Waals surface area (Å²) in [6.45, 7) is 2.23. The molecular formula is C18H14. The quantitative estimate of drug-likeness (QED) is 0.541. The first-order valence-corrected chi connectivity index (χ1v) is 6.48. The first-order chi connectivity index (χ1) is 8.84. The van der Waals surface area contributed by atoms with Gasteiger partial charge in [-0.15, -0.1) is 0 Å². The molecule has 0 N–H and O–H groups in total. The number of hydrogen-bond acceptors (Lipinski definition) is 0. The maximum absolute atomic E-state index is 2.27. The number of rotatable bonds is 0. The predicted molar refractivity (Wildman–Crippen MR) is 75.5 cm³/mol. The molecule has 0 radical (unpaired) electrons. The molecule has 0 saturated carbocycles. The molecule has 2 aromatic carbocycles. The zero-order valence-electron chi connectivity index (χ0n) is 10.4. The van der Waals surface area contributed by atoms with E-state index in [0.29, 0.717) is 5.92 Å². The Morgan fingerprint density at radius 1 is 0.722 bits per heavy atom. The van der Waals surface area contributed by atoms with E-state index in [9.17, 15) is 0 Å². The van der Waals surface area contributed by atoms with Crippen LogP contribution in [0.5, 0.6) is 0 Å². The van der Waals surface area contributed by atoms with Crippen LogP contribution in [0.15, 0.2) is 48.6 Å². The van der Waals surface area contributed by atoms with Crippen molar-refractivity contribution in [1.29, 1.82) is 0 Å². The molecule has 0 atom stereocenters. The minimum atomic E-state index is 0.481. The van der Waals surface area contributed by atoms with Gasteiger partial charge < -0.3 is 0 Å². The highest BCUT2D eigenvalue weighted by molar-refractivity contribution is 5.60. The second-order valence-corrected chi connectivity index (χ2v) is 5.12. The average Bonchev–Trinajstić information content (AvgIpc) is 2.45. The van der Waals surface area contributed by atoms with Gasteiger partial charge in [-0.05, 0) is 37.9 Å². The fourth-order valence-electron chi connectivity index (χ4n) is 2.94. The van der Waals surface area contributed by atoms with E-state index in [-0.39, 0.29) is 0 Å². The van der Waals surface area contributed by atoms with Crippen LogP contribution in [0.4, 0.5) is 0 Å². The molecule has 0 nitrogen and oxygen atoms in total. The van der Waals surface area contributed by atoms with Gasteiger partial charge in [-0.2, -0.15) is 0 Å². The molecule has 0 bridgehead atoms. The predicted octanol–water partition coefficient (Wildman–Crippen LogP) is 4.25. The lowest BCUT2D eigenvalue weighted by molar-refractivity contribution is 0.952. The van der Waals surface area contributed by atoms with Crippen LogP contribution < -0.4 is 0 Å². The first-order valence-electron chi connectivity index (χ1n) is 6.48. The van der Waals surface area contributed by atoms with E-state index in [4.69, 9.17) is 0 Å². The van der Waals surface area contributed by atoms with Gasteiger partial charge in [-0.25, -0.2) is 0 Å². The zero-order chi connectivity index (χ0) is 12.1. The summed E-state index contributed by atoms with van der Waals surface area (Å²) in [5.74, 6) is 0.481. The molecule has 0 heterocycles. The Kier molecular flexibility index (Phi) is 1.90. The summed E-state index contributed by atoms with van der Waals surface area (Å²) in [7, 11) is 0. The van der Waals surface area contributed by atoms with Crippen LogP contribution >= 0.6 is 0 Å². The lowest BCUT2D eigenvalue weighted by atomic mass is 9.94. The van der Waals surface area contributed by atoms with Crippen molar-refractivity contribution in [1.82, 2.24) is 0 Å². The third kappa shape index (κ3) is 1.20. The molecule has 0 amide bonds. The van der Waals surface area contributed by atoms with Gasteiger partial charge in [-0.3, -0.25) is 0 Å². The molecule has 2 aliphatic carbocycles. The van der Waals surface area contributed by atoms with E-state index in [0.717, 1.165) is 0 Å². The molecule has 0 heteroatoms. The summed E-state index contributed by atoms with van der Waals surface area (Å²) >= 11 is 0. The van der Waals surface area contributed by atoms with Crippen molar-refractivity contribution in [3.8, 4) is 0 Å². The van der Waals surface area contributed by atoms with Gasteiger partial charge in [0.15, 0.2) is 0 Å². The molecule has 0 saturated heterocycles. The van der Waals surface area contributed by atoms with Crippen LogP contribution in [-0.2, 0) is 0 Å². The maximum Gasteiger partial charge on any atom is -0.00205 e. The third-order valence-electron chi connectivity index (χ3n) is 3.89. The van der Waals surface area contributed by atoms with Crippen LogP contribution in [0.2, 0.25) is 0 Å². The monoisotopic (exact) mass is 230 g/mol. The second kappa shape index (κ2) is 3.46. The summed E-state index contributed by atoms with van der Waals surface area (Å²) in [5, 5.41) is 5.66. The van der Waals surface area contributed by atoms with Crippen molar-refractivity contribution in [2.75, 3.05) is 0 Å². The van der Waals surface area contributed by atoms with Gasteiger partial charge >= 0.3 is 0 Å². The highest BCUT2D eigenvalue weighted by Gasteiger charge is 2.09. The summed E-state index contributed by atoms with van der Waals surface area (Å²) in [6, 6.07) is 13.2. The first kappa shape index (κ1) is 9.90. The fourth-order valence-corrected chi connectivity index (χ4v) is 2.94. The molecule has 0 aliphatic heterocycles. The van der Waals surface area contributed by atoms with Crippen molar-refractivity contribution in [2.45, 2.75) is 6.92 Å². The normalized spacial score (nSPS) is 18.9. The van der Waals surface area contributed by atoms with E-state index in [1.807, 2.05) is 0 Å². The van der Waals surface area contributed by atoms with Crippen LogP contribution in [0.3, 0.4) is 0 Å². The molecule has 0 unspecified atom stereocenters.